The minimum absolute atomic E-state index is 0.403. The van der Waals surface area contributed by atoms with E-state index in [0.29, 0.717) is 18.4 Å². The van der Waals surface area contributed by atoms with Gasteiger partial charge in [-0.25, -0.2) is 0 Å². The highest BCUT2D eigenvalue weighted by Crippen LogP contribution is 2.21. The lowest BCUT2D eigenvalue weighted by Crippen LogP contribution is -2.23. The van der Waals surface area contributed by atoms with E-state index in [1.54, 1.807) is 0 Å². The van der Waals surface area contributed by atoms with Crippen LogP contribution in [0.3, 0.4) is 0 Å². The molecule has 0 aromatic rings. The minimum atomic E-state index is 0.403. The van der Waals surface area contributed by atoms with Gasteiger partial charge < -0.3 is 9.69 Å². The first kappa shape index (κ1) is 10.0. The zero-order valence-electron chi connectivity index (χ0n) is 8.53. The number of carbonyl (C=O) groups is 1. The summed E-state index contributed by atoms with van der Waals surface area (Å²) in [6, 6.07) is 0.463. The van der Waals surface area contributed by atoms with Gasteiger partial charge in [-0.2, -0.15) is 0 Å². The van der Waals surface area contributed by atoms with Gasteiger partial charge in [-0.3, -0.25) is 0 Å². The summed E-state index contributed by atoms with van der Waals surface area (Å²) in [5.41, 5.74) is 1.20. The Kier molecular flexibility index (Phi) is 3.29. The quantitative estimate of drug-likeness (QED) is 0.620. The molecule has 0 bridgehead atoms. The summed E-state index contributed by atoms with van der Waals surface area (Å²) >= 11 is 0. The Labute approximate surface area is 79.9 Å². The second kappa shape index (κ2) is 4.26. The van der Waals surface area contributed by atoms with Gasteiger partial charge in [0.25, 0.3) is 0 Å². The standard InChI is InChI=1S/C11H17NO/c1-9(2)12-6-4-10(3)11(8-12)5-7-13/h4,6-10H,5H2,1-3H3. The van der Waals surface area contributed by atoms with Crippen LogP contribution in [-0.2, 0) is 4.79 Å². The average molecular weight is 179 g/mol. The summed E-state index contributed by atoms with van der Waals surface area (Å²) in [5, 5.41) is 0. The molecule has 0 aliphatic carbocycles. The predicted molar refractivity (Wildman–Crippen MR) is 54.0 cm³/mol. The van der Waals surface area contributed by atoms with Gasteiger partial charge in [0.2, 0.25) is 0 Å². The van der Waals surface area contributed by atoms with Crippen molar-refractivity contribution in [3.8, 4) is 0 Å². The minimum Gasteiger partial charge on any atom is -0.352 e. The smallest absolute Gasteiger partial charge is 0.124 e. The van der Waals surface area contributed by atoms with E-state index in [-0.39, 0.29) is 0 Å². The van der Waals surface area contributed by atoms with Crippen molar-refractivity contribution in [2.24, 2.45) is 5.92 Å². The van der Waals surface area contributed by atoms with Crippen LogP contribution in [0.2, 0.25) is 0 Å². The summed E-state index contributed by atoms with van der Waals surface area (Å²) in [4.78, 5) is 12.5. The maximum absolute atomic E-state index is 10.4. The number of allylic oxidation sites excluding steroid dienone is 2. The van der Waals surface area contributed by atoms with E-state index < -0.39 is 0 Å². The third-order valence-corrected chi connectivity index (χ3v) is 2.36. The number of rotatable bonds is 3. The molecule has 72 valence electrons. The molecule has 13 heavy (non-hydrogen) atoms. The Morgan fingerprint density at radius 3 is 2.85 bits per heavy atom. The average Bonchev–Trinajstić information content (AvgIpc) is 2.08. The maximum atomic E-state index is 10.4. The molecule has 1 aliphatic rings. The van der Waals surface area contributed by atoms with Gasteiger partial charge in [-0.05, 0) is 25.3 Å². The van der Waals surface area contributed by atoms with Crippen LogP contribution in [0.4, 0.5) is 0 Å². The molecule has 1 heterocycles. The molecule has 0 aromatic carbocycles. The Bertz CT molecular complexity index is 240. The predicted octanol–water partition coefficient (Wildman–Crippen LogP) is 2.33. The first-order chi connectivity index (χ1) is 6.15. The Morgan fingerprint density at radius 2 is 2.31 bits per heavy atom. The molecule has 0 radical (unpaired) electrons. The van der Waals surface area contributed by atoms with E-state index in [9.17, 15) is 4.79 Å². The second-order valence-electron chi connectivity index (χ2n) is 3.75. The van der Waals surface area contributed by atoms with Crippen molar-refractivity contribution in [2.45, 2.75) is 33.2 Å². The van der Waals surface area contributed by atoms with Crippen LogP contribution in [0.15, 0.2) is 24.0 Å². The van der Waals surface area contributed by atoms with E-state index in [2.05, 4.69) is 44.1 Å². The van der Waals surface area contributed by atoms with Crippen LogP contribution in [0.1, 0.15) is 27.2 Å². The molecular formula is C11H17NO. The van der Waals surface area contributed by atoms with Gasteiger partial charge in [0.15, 0.2) is 0 Å². The van der Waals surface area contributed by atoms with Crippen molar-refractivity contribution in [3.05, 3.63) is 24.0 Å². The molecule has 0 saturated carbocycles. The van der Waals surface area contributed by atoms with Gasteiger partial charge in [0.1, 0.15) is 6.29 Å². The fourth-order valence-corrected chi connectivity index (χ4v) is 1.36. The molecule has 2 heteroatoms. The van der Waals surface area contributed by atoms with Crippen LogP contribution in [-0.4, -0.2) is 17.2 Å². The number of hydrogen-bond acceptors (Lipinski definition) is 2. The van der Waals surface area contributed by atoms with Gasteiger partial charge in [0, 0.05) is 24.9 Å². The molecule has 0 aromatic heterocycles. The Morgan fingerprint density at radius 1 is 1.62 bits per heavy atom. The van der Waals surface area contributed by atoms with Crippen molar-refractivity contribution >= 4 is 6.29 Å². The fraction of sp³-hybridized carbons (Fsp3) is 0.545. The first-order valence-corrected chi connectivity index (χ1v) is 4.75. The van der Waals surface area contributed by atoms with Crippen LogP contribution < -0.4 is 0 Å². The molecule has 0 spiro atoms. The highest BCUT2D eigenvalue weighted by molar-refractivity contribution is 5.55. The van der Waals surface area contributed by atoms with Crippen molar-refractivity contribution in [1.82, 2.24) is 4.90 Å². The monoisotopic (exact) mass is 179 g/mol. The molecule has 0 fully saturated rings. The molecule has 1 unspecified atom stereocenters. The normalized spacial score (nSPS) is 22.0. The SMILES string of the molecule is CC1C=CN(C(C)C)C=C1CC=O. The van der Waals surface area contributed by atoms with E-state index in [0.717, 1.165) is 6.29 Å². The molecule has 1 aliphatic heterocycles. The van der Waals surface area contributed by atoms with E-state index >= 15 is 0 Å². The van der Waals surface area contributed by atoms with Gasteiger partial charge >= 0.3 is 0 Å². The molecule has 1 rings (SSSR count). The lowest BCUT2D eigenvalue weighted by atomic mass is 9.97. The largest absolute Gasteiger partial charge is 0.352 e. The van der Waals surface area contributed by atoms with Gasteiger partial charge in [-0.1, -0.05) is 13.0 Å². The van der Waals surface area contributed by atoms with Gasteiger partial charge in [0.05, 0.1) is 0 Å². The third kappa shape index (κ3) is 2.44. The second-order valence-corrected chi connectivity index (χ2v) is 3.75. The number of nitrogens with zero attached hydrogens (tertiary/aromatic N) is 1. The lowest BCUT2D eigenvalue weighted by Gasteiger charge is -2.27. The fourth-order valence-electron chi connectivity index (χ4n) is 1.36. The summed E-state index contributed by atoms with van der Waals surface area (Å²) < 4.78 is 0. The highest BCUT2D eigenvalue weighted by Gasteiger charge is 2.13. The molecule has 2 nitrogen and oxygen atoms in total. The van der Waals surface area contributed by atoms with Crippen LogP contribution in [0.5, 0.6) is 0 Å². The zero-order chi connectivity index (χ0) is 9.84. The number of hydrogen-bond donors (Lipinski definition) is 0. The van der Waals surface area contributed by atoms with Crippen molar-refractivity contribution < 1.29 is 4.79 Å². The number of carbonyl (C=O) groups excluding carboxylic acids is 1. The highest BCUT2D eigenvalue weighted by atomic mass is 16.1. The van der Waals surface area contributed by atoms with E-state index in [1.807, 2.05) is 0 Å². The van der Waals surface area contributed by atoms with Crippen LogP contribution in [0.25, 0.3) is 0 Å². The lowest BCUT2D eigenvalue weighted by molar-refractivity contribution is -0.107. The first-order valence-electron chi connectivity index (χ1n) is 4.75. The van der Waals surface area contributed by atoms with Crippen LogP contribution in [0, 0.1) is 5.92 Å². The molecule has 1 atom stereocenters. The number of aldehydes is 1. The van der Waals surface area contributed by atoms with Crippen molar-refractivity contribution in [1.29, 1.82) is 0 Å². The van der Waals surface area contributed by atoms with Crippen LogP contribution >= 0.6 is 0 Å². The summed E-state index contributed by atoms with van der Waals surface area (Å²) in [7, 11) is 0. The van der Waals surface area contributed by atoms with Crippen molar-refractivity contribution in [3.63, 3.8) is 0 Å². The van der Waals surface area contributed by atoms with Crippen molar-refractivity contribution in [2.75, 3.05) is 0 Å². The molecule has 0 saturated heterocycles. The topological polar surface area (TPSA) is 20.3 Å². The summed E-state index contributed by atoms with van der Waals surface area (Å²) in [6.45, 7) is 6.38. The summed E-state index contributed by atoms with van der Waals surface area (Å²) in [6.07, 6.45) is 7.83. The van der Waals surface area contributed by atoms with E-state index in [1.165, 1.54) is 5.57 Å². The molecular weight excluding hydrogens is 162 g/mol. The third-order valence-electron chi connectivity index (χ3n) is 2.36. The Balaban J connectivity index is 2.73. The molecule has 0 N–H and O–H groups in total. The Hall–Kier alpha value is -1.05. The summed E-state index contributed by atoms with van der Waals surface area (Å²) in [5.74, 6) is 0.403. The van der Waals surface area contributed by atoms with E-state index in [4.69, 9.17) is 0 Å². The van der Waals surface area contributed by atoms with Gasteiger partial charge in [-0.15, -0.1) is 0 Å². The zero-order valence-corrected chi connectivity index (χ0v) is 8.53. The molecule has 0 amide bonds. The maximum Gasteiger partial charge on any atom is 0.124 e.